The van der Waals surface area contributed by atoms with Crippen LogP contribution in [0.3, 0.4) is 0 Å². The summed E-state index contributed by atoms with van der Waals surface area (Å²) in [5.74, 6) is 0.746. The smallest absolute Gasteiger partial charge is 0.0351 e. The Morgan fingerprint density at radius 2 is 1.75 bits per heavy atom. The third-order valence-corrected chi connectivity index (χ3v) is 2.10. The Hall–Kier alpha value is 0.210. The van der Waals surface area contributed by atoms with Crippen LogP contribution in [0.25, 0.3) is 0 Å². The van der Waals surface area contributed by atoms with Gasteiger partial charge in [0.1, 0.15) is 0 Å². The number of hydrogen-bond acceptors (Lipinski definition) is 2. The van der Waals surface area contributed by atoms with Gasteiger partial charge in [-0.25, -0.2) is 0 Å². The molecule has 0 saturated heterocycles. The van der Waals surface area contributed by atoms with Crippen molar-refractivity contribution < 1.29 is 0 Å². The van der Waals surface area contributed by atoms with E-state index >= 15 is 0 Å². The molecule has 0 radical (unpaired) electrons. The van der Waals surface area contributed by atoms with Crippen LogP contribution in [0.2, 0.25) is 0 Å². The molecule has 0 rings (SSSR count). The van der Waals surface area contributed by atoms with E-state index in [1.807, 2.05) is 0 Å². The predicted octanol–water partition coefficient (Wildman–Crippen LogP) is 1.50. The first-order valence-corrected chi connectivity index (χ1v) is 5.17. The van der Waals surface area contributed by atoms with Gasteiger partial charge in [-0.1, -0.05) is 6.92 Å². The maximum atomic E-state index is 5.66. The van der Waals surface area contributed by atoms with Crippen molar-refractivity contribution >= 4 is 11.6 Å². The van der Waals surface area contributed by atoms with Gasteiger partial charge < -0.3 is 9.80 Å². The highest BCUT2D eigenvalue weighted by Gasteiger charge is 2.00. The fourth-order valence-electron chi connectivity index (χ4n) is 1.16. The van der Waals surface area contributed by atoms with E-state index in [4.69, 9.17) is 11.6 Å². The van der Waals surface area contributed by atoms with E-state index in [0.29, 0.717) is 0 Å². The van der Waals surface area contributed by atoms with E-state index in [2.05, 4.69) is 30.8 Å². The van der Waals surface area contributed by atoms with Gasteiger partial charge in [0.25, 0.3) is 0 Å². The van der Waals surface area contributed by atoms with E-state index in [-0.39, 0.29) is 0 Å². The Morgan fingerprint density at radius 1 is 1.08 bits per heavy atom. The Morgan fingerprint density at radius 3 is 2.17 bits per heavy atom. The summed E-state index contributed by atoms with van der Waals surface area (Å²) in [6.07, 6.45) is 1.23. The largest absolute Gasteiger partial charge is 0.309 e. The monoisotopic (exact) mass is 192 g/mol. The summed E-state index contributed by atoms with van der Waals surface area (Å²) in [4.78, 5) is 4.60. The third-order valence-electron chi connectivity index (χ3n) is 1.93. The maximum Gasteiger partial charge on any atom is 0.0351 e. The first kappa shape index (κ1) is 12.2. The molecule has 2 nitrogen and oxygen atoms in total. The van der Waals surface area contributed by atoms with Crippen LogP contribution in [0.4, 0.5) is 0 Å². The molecule has 0 atom stereocenters. The van der Waals surface area contributed by atoms with E-state index in [1.54, 1.807) is 0 Å². The highest BCUT2D eigenvalue weighted by atomic mass is 35.5. The summed E-state index contributed by atoms with van der Waals surface area (Å²) in [6, 6.07) is 0. The second kappa shape index (κ2) is 7.84. The number of rotatable bonds is 7. The molecule has 0 N–H and O–H groups in total. The van der Waals surface area contributed by atoms with Gasteiger partial charge in [-0.15, -0.1) is 11.6 Å². The number of nitrogens with zero attached hydrogens (tertiary/aromatic N) is 2. The minimum Gasteiger partial charge on any atom is -0.309 e. The first-order chi connectivity index (χ1) is 5.70. The molecular weight excluding hydrogens is 172 g/mol. The summed E-state index contributed by atoms with van der Waals surface area (Å²) in [7, 11) is 4.22. The lowest BCUT2D eigenvalue weighted by Gasteiger charge is -2.19. The average Bonchev–Trinajstić information content (AvgIpc) is 2.02. The fourth-order valence-corrected chi connectivity index (χ4v) is 1.40. The molecule has 12 heavy (non-hydrogen) atoms. The minimum absolute atomic E-state index is 0.746. The molecule has 0 aliphatic carbocycles. The molecule has 0 aromatic carbocycles. The van der Waals surface area contributed by atoms with Crippen molar-refractivity contribution in [1.82, 2.24) is 9.80 Å². The van der Waals surface area contributed by atoms with E-state index in [0.717, 1.165) is 19.0 Å². The van der Waals surface area contributed by atoms with E-state index < -0.39 is 0 Å². The molecule has 3 heteroatoms. The predicted molar refractivity (Wildman–Crippen MR) is 56.0 cm³/mol. The molecule has 0 spiro atoms. The topological polar surface area (TPSA) is 6.48 Å². The molecule has 0 bridgehead atoms. The second-order valence-corrected chi connectivity index (χ2v) is 3.66. The second-order valence-electron chi connectivity index (χ2n) is 3.28. The van der Waals surface area contributed by atoms with Gasteiger partial charge in [0.05, 0.1) is 0 Å². The van der Waals surface area contributed by atoms with Gasteiger partial charge in [-0.05, 0) is 40.2 Å². The van der Waals surface area contributed by atoms with Crippen LogP contribution in [0, 0.1) is 0 Å². The van der Waals surface area contributed by atoms with Crippen LogP contribution in [-0.4, -0.2) is 56.0 Å². The molecule has 0 heterocycles. The van der Waals surface area contributed by atoms with Gasteiger partial charge in [-0.2, -0.15) is 0 Å². The minimum atomic E-state index is 0.746. The van der Waals surface area contributed by atoms with Gasteiger partial charge in [-0.3, -0.25) is 0 Å². The quantitative estimate of drug-likeness (QED) is 0.565. The lowest BCUT2D eigenvalue weighted by molar-refractivity contribution is 0.279. The Bertz CT molecular complexity index is 96.5. The van der Waals surface area contributed by atoms with Crippen molar-refractivity contribution in [3.05, 3.63) is 0 Å². The highest BCUT2D eigenvalue weighted by Crippen LogP contribution is 1.93. The Balaban J connectivity index is 3.31. The summed E-state index contributed by atoms with van der Waals surface area (Å²) in [5.41, 5.74) is 0. The maximum absolute atomic E-state index is 5.66. The zero-order chi connectivity index (χ0) is 9.40. The van der Waals surface area contributed by atoms with Crippen LogP contribution < -0.4 is 0 Å². The number of halogens is 1. The van der Waals surface area contributed by atoms with Crippen LogP contribution in [0.15, 0.2) is 0 Å². The fraction of sp³-hybridized carbons (Fsp3) is 1.00. The van der Waals surface area contributed by atoms with Gasteiger partial charge in [0.2, 0.25) is 0 Å². The Kier molecular flexibility index (Phi) is 7.98. The molecule has 0 aromatic rings. The number of hydrogen-bond donors (Lipinski definition) is 0. The van der Waals surface area contributed by atoms with Crippen LogP contribution >= 0.6 is 11.6 Å². The van der Waals surface area contributed by atoms with E-state index in [9.17, 15) is 0 Å². The van der Waals surface area contributed by atoms with Crippen molar-refractivity contribution in [2.75, 3.05) is 46.2 Å². The van der Waals surface area contributed by atoms with Crippen molar-refractivity contribution in [2.24, 2.45) is 0 Å². The lowest BCUT2D eigenvalue weighted by Crippen LogP contribution is -2.28. The normalized spacial score (nSPS) is 11.5. The zero-order valence-corrected chi connectivity index (χ0v) is 9.27. The summed E-state index contributed by atoms with van der Waals surface area (Å²) in [5, 5.41) is 0. The standard InChI is InChI=1S/C9H21ClN2/c1-4-12(9-6-10)8-5-7-11(2)3/h4-9H2,1-3H3. The van der Waals surface area contributed by atoms with E-state index in [1.165, 1.54) is 19.5 Å². The molecule has 0 aliphatic rings. The molecule has 74 valence electrons. The van der Waals surface area contributed by atoms with Crippen molar-refractivity contribution in [3.8, 4) is 0 Å². The summed E-state index contributed by atoms with van der Waals surface area (Å²) < 4.78 is 0. The van der Waals surface area contributed by atoms with Crippen molar-refractivity contribution in [3.63, 3.8) is 0 Å². The van der Waals surface area contributed by atoms with Gasteiger partial charge >= 0.3 is 0 Å². The molecule has 0 amide bonds. The SMILES string of the molecule is CCN(CCCl)CCCN(C)C. The molecule has 0 saturated carbocycles. The first-order valence-electron chi connectivity index (χ1n) is 4.63. The van der Waals surface area contributed by atoms with Gasteiger partial charge in [0, 0.05) is 12.4 Å². The molecule has 0 unspecified atom stereocenters. The highest BCUT2D eigenvalue weighted by molar-refractivity contribution is 6.18. The zero-order valence-electron chi connectivity index (χ0n) is 8.52. The lowest BCUT2D eigenvalue weighted by atomic mass is 10.3. The van der Waals surface area contributed by atoms with Gasteiger partial charge in [0.15, 0.2) is 0 Å². The molecule has 0 fully saturated rings. The van der Waals surface area contributed by atoms with Crippen LogP contribution in [0.5, 0.6) is 0 Å². The third kappa shape index (κ3) is 6.89. The van der Waals surface area contributed by atoms with Crippen LogP contribution in [0.1, 0.15) is 13.3 Å². The number of alkyl halides is 1. The average molecular weight is 193 g/mol. The Labute approximate surface area is 81.5 Å². The molecular formula is C9H21ClN2. The van der Waals surface area contributed by atoms with Crippen molar-refractivity contribution in [1.29, 1.82) is 0 Å². The summed E-state index contributed by atoms with van der Waals surface area (Å²) in [6.45, 7) is 6.65. The molecule has 0 aliphatic heterocycles. The molecule has 0 aromatic heterocycles. The van der Waals surface area contributed by atoms with Crippen LogP contribution in [-0.2, 0) is 0 Å². The summed E-state index contributed by atoms with van der Waals surface area (Å²) >= 11 is 5.66. The van der Waals surface area contributed by atoms with Crippen molar-refractivity contribution in [2.45, 2.75) is 13.3 Å².